The number of carboxylic acids is 1. The molecule has 0 bridgehead atoms. The standard InChI is InChI=1S/C16H20O4/c1-3-5-13(11-17)7-4-6-12-8-9-15(20-2)14(10-12)16(18)19/h3-4,6,8-10,13,17H,1,5,7,11H2,2H3,(H,18,19). The van der Waals surface area contributed by atoms with Crippen LogP contribution in [0, 0.1) is 5.92 Å². The van der Waals surface area contributed by atoms with Crippen molar-refractivity contribution in [3.05, 3.63) is 48.1 Å². The van der Waals surface area contributed by atoms with Gasteiger partial charge in [-0.05, 0) is 36.5 Å². The van der Waals surface area contributed by atoms with E-state index < -0.39 is 5.97 Å². The molecule has 108 valence electrons. The van der Waals surface area contributed by atoms with Gasteiger partial charge in [0.1, 0.15) is 11.3 Å². The summed E-state index contributed by atoms with van der Waals surface area (Å²) in [6.07, 6.45) is 7.03. The van der Waals surface area contributed by atoms with Crippen LogP contribution in [-0.2, 0) is 0 Å². The third-order valence-electron chi connectivity index (χ3n) is 2.99. The molecular formula is C16H20O4. The minimum absolute atomic E-state index is 0.110. The molecule has 0 aliphatic heterocycles. The first-order valence-electron chi connectivity index (χ1n) is 6.42. The van der Waals surface area contributed by atoms with Gasteiger partial charge < -0.3 is 14.9 Å². The maximum atomic E-state index is 11.1. The summed E-state index contributed by atoms with van der Waals surface area (Å²) in [6, 6.07) is 5.00. The molecule has 0 aliphatic rings. The van der Waals surface area contributed by atoms with E-state index in [9.17, 15) is 4.79 Å². The fourth-order valence-electron chi connectivity index (χ4n) is 1.87. The third-order valence-corrected chi connectivity index (χ3v) is 2.99. The molecule has 20 heavy (non-hydrogen) atoms. The molecule has 4 nitrogen and oxygen atoms in total. The van der Waals surface area contributed by atoms with Crippen LogP contribution in [0.3, 0.4) is 0 Å². The van der Waals surface area contributed by atoms with Crippen molar-refractivity contribution in [3.63, 3.8) is 0 Å². The van der Waals surface area contributed by atoms with E-state index in [-0.39, 0.29) is 18.1 Å². The molecule has 1 aromatic rings. The van der Waals surface area contributed by atoms with Crippen LogP contribution in [-0.4, -0.2) is 29.9 Å². The molecule has 1 unspecified atom stereocenters. The number of hydrogen-bond donors (Lipinski definition) is 2. The average Bonchev–Trinajstić information content (AvgIpc) is 2.46. The summed E-state index contributed by atoms with van der Waals surface area (Å²) < 4.78 is 5.00. The van der Waals surface area contributed by atoms with Crippen LogP contribution < -0.4 is 4.74 Å². The first-order chi connectivity index (χ1) is 9.62. The molecule has 0 amide bonds. The molecule has 0 saturated carbocycles. The van der Waals surface area contributed by atoms with Gasteiger partial charge in [0.15, 0.2) is 0 Å². The maximum Gasteiger partial charge on any atom is 0.339 e. The second-order valence-electron chi connectivity index (χ2n) is 4.48. The van der Waals surface area contributed by atoms with E-state index in [0.29, 0.717) is 5.75 Å². The predicted octanol–water partition coefficient (Wildman–Crippen LogP) is 2.98. The first kappa shape index (κ1) is 16.0. The highest BCUT2D eigenvalue weighted by Crippen LogP contribution is 2.21. The number of aliphatic hydroxyl groups is 1. The number of methoxy groups -OCH3 is 1. The number of carbonyl (C=O) groups is 1. The second kappa shape index (κ2) is 8.17. The van der Waals surface area contributed by atoms with E-state index in [1.807, 2.05) is 12.2 Å². The Balaban J connectivity index is 2.79. The molecule has 2 N–H and O–H groups in total. The van der Waals surface area contributed by atoms with Gasteiger partial charge in [-0.2, -0.15) is 0 Å². The van der Waals surface area contributed by atoms with Gasteiger partial charge in [0, 0.05) is 6.61 Å². The Morgan fingerprint density at radius 3 is 2.75 bits per heavy atom. The van der Waals surface area contributed by atoms with Gasteiger partial charge in [-0.3, -0.25) is 0 Å². The molecule has 0 radical (unpaired) electrons. The third kappa shape index (κ3) is 4.55. The van der Waals surface area contributed by atoms with E-state index >= 15 is 0 Å². The van der Waals surface area contributed by atoms with Crippen molar-refractivity contribution in [2.75, 3.05) is 13.7 Å². The summed E-state index contributed by atoms with van der Waals surface area (Å²) in [4.78, 5) is 11.1. The van der Waals surface area contributed by atoms with Gasteiger partial charge in [0.25, 0.3) is 0 Å². The SMILES string of the molecule is C=CCC(CO)CC=Cc1ccc(OC)c(C(=O)O)c1. The van der Waals surface area contributed by atoms with Crippen molar-refractivity contribution < 1.29 is 19.7 Å². The first-order valence-corrected chi connectivity index (χ1v) is 6.42. The summed E-state index contributed by atoms with van der Waals surface area (Å²) in [7, 11) is 1.44. The highest BCUT2D eigenvalue weighted by molar-refractivity contribution is 5.91. The zero-order chi connectivity index (χ0) is 15.0. The van der Waals surface area contributed by atoms with Crippen LogP contribution >= 0.6 is 0 Å². The van der Waals surface area contributed by atoms with Crippen LogP contribution in [0.2, 0.25) is 0 Å². The number of aliphatic hydroxyl groups excluding tert-OH is 1. The number of carboxylic acid groups (broad SMARTS) is 1. The highest BCUT2D eigenvalue weighted by Gasteiger charge is 2.10. The van der Waals surface area contributed by atoms with Crippen molar-refractivity contribution >= 4 is 12.0 Å². The van der Waals surface area contributed by atoms with Crippen molar-refractivity contribution in [1.82, 2.24) is 0 Å². The lowest BCUT2D eigenvalue weighted by Gasteiger charge is -2.08. The quantitative estimate of drug-likeness (QED) is 0.716. The molecule has 4 heteroatoms. The normalized spacial score (nSPS) is 12.3. The smallest absolute Gasteiger partial charge is 0.339 e. The molecule has 0 fully saturated rings. The Bertz CT molecular complexity index is 491. The van der Waals surface area contributed by atoms with Gasteiger partial charge in [-0.1, -0.05) is 24.3 Å². The fraction of sp³-hybridized carbons (Fsp3) is 0.312. The van der Waals surface area contributed by atoms with Crippen LogP contribution in [0.4, 0.5) is 0 Å². The summed E-state index contributed by atoms with van der Waals surface area (Å²) in [6.45, 7) is 3.76. The summed E-state index contributed by atoms with van der Waals surface area (Å²) in [5.74, 6) is -0.521. The summed E-state index contributed by atoms with van der Waals surface area (Å²) >= 11 is 0. The van der Waals surface area contributed by atoms with Crippen molar-refractivity contribution in [1.29, 1.82) is 0 Å². The molecule has 0 heterocycles. The monoisotopic (exact) mass is 276 g/mol. The average molecular weight is 276 g/mol. The number of hydrogen-bond acceptors (Lipinski definition) is 3. The molecule has 0 saturated heterocycles. The predicted molar refractivity (Wildman–Crippen MR) is 79.0 cm³/mol. The van der Waals surface area contributed by atoms with Gasteiger partial charge in [-0.25, -0.2) is 4.79 Å². The summed E-state index contributed by atoms with van der Waals surface area (Å²) in [5, 5.41) is 18.3. The van der Waals surface area contributed by atoms with Gasteiger partial charge in [-0.15, -0.1) is 6.58 Å². The molecule has 0 aromatic heterocycles. The highest BCUT2D eigenvalue weighted by atomic mass is 16.5. The van der Waals surface area contributed by atoms with Crippen LogP contribution in [0.5, 0.6) is 5.75 Å². The largest absolute Gasteiger partial charge is 0.496 e. The van der Waals surface area contributed by atoms with Gasteiger partial charge in [0.05, 0.1) is 7.11 Å². The second-order valence-corrected chi connectivity index (χ2v) is 4.48. The van der Waals surface area contributed by atoms with Crippen LogP contribution in [0.1, 0.15) is 28.8 Å². The van der Waals surface area contributed by atoms with Crippen molar-refractivity contribution in [2.24, 2.45) is 5.92 Å². The van der Waals surface area contributed by atoms with E-state index in [2.05, 4.69) is 6.58 Å². The van der Waals surface area contributed by atoms with E-state index in [1.54, 1.807) is 24.3 Å². The molecule has 1 rings (SSSR count). The van der Waals surface area contributed by atoms with Gasteiger partial charge in [0.2, 0.25) is 0 Å². The zero-order valence-corrected chi connectivity index (χ0v) is 11.6. The Hall–Kier alpha value is -2.07. The van der Waals surface area contributed by atoms with E-state index in [0.717, 1.165) is 18.4 Å². The Morgan fingerprint density at radius 2 is 2.20 bits per heavy atom. The van der Waals surface area contributed by atoms with Crippen molar-refractivity contribution in [3.8, 4) is 5.75 Å². The molecule has 1 atom stereocenters. The minimum Gasteiger partial charge on any atom is -0.496 e. The topological polar surface area (TPSA) is 66.8 Å². The van der Waals surface area contributed by atoms with Crippen LogP contribution in [0.25, 0.3) is 6.08 Å². The lowest BCUT2D eigenvalue weighted by atomic mass is 10.0. The van der Waals surface area contributed by atoms with E-state index in [1.165, 1.54) is 7.11 Å². The molecular weight excluding hydrogens is 256 g/mol. The van der Waals surface area contributed by atoms with Crippen molar-refractivity contribution in [2.45, 2.75) is 12.8 Å². The minimum atomic E-state index is -1.02. The fourth-order valence-corrected chi connectivity index (χ4v) is 1.87. The van der Waals surface area contributed by atoms with Gasteiger partial charge >= 0.3 is 5.97 Å². The Morgan fingerprint density at radius 1 is 1.45 bits per heavy atom. The van der Waals surface area contributed by atoms with Crippen LogP contribution in [0.15, 0.2) is 36.9 Å². The number of rotatable bonds is 8. The number of benzene rings is 1. The number of aromatic carboxylic acids is 1. The maximum absolute atomic E-state index is 11.1. The Kier molecular flexibility index (Phi) is 6.53. The Labute approximate surface area is 119 Å². The molecule has 0 aliphatic carbocycles. The number of ether oxygens (including phenoxy) is 1. The molecule has 0 spiro atoms. The zero-order valence-electron chi connectivity index (χ0n) is 11.6. The lowest BCUT2D eigenvalue weighted by molar-refractivity contribution is 0.0693. The van der Waals surface area contributed by atoms with E-state index in [4.69, 9.17) is 14.9 Å². The molecule has 1 aromatic carbocycles. The number of allylic oxidation sites excluding steroid dienone is 2. The summed E-state index contributed by atoms with van der Waals surface area (Å²) in [5.41, 5.74) is 0.929. The lowest BCUT2D eigenvalue weighted by Crippen LogP contribution is -2.03.